The highest BCUT2D eigenvalue weighted by atomic mass is 14.2. The van der Waals surface area contributed by atoms with Gasteiger partial charge in [0.2, 0.25) is 0 Å². The van der Waals surface area contributed by atoms with Crippen LogP contribution in [0.2, 0.25) is 0 Å². The topological polar surface area (TPSA) is 23.8 Å². The van der Waals surface area contributed by atoms with Gasteiger partial charge in [0, 0.05) is 5.92 Å². The number of benzene rings is 1. The molecule has 0 N–H and O–H groups in total. The largest absolute Gasteiger partial charge is 0.192 e. The van der Waals surface area contributed by atoms with Gasteiger partial charge in [-0.05, 0) is 36.6 Å². The number of aryl methyl sites for hydroxylation is 1. The Morgan fingerprint density at radius 1 is 1.50 bits per heavy atom. The summed E-state index contributed by atoms with van der Waals surface area (Å²) in [6, 6.07) is 8.03. The van der Waals surface area contributed by atoms with Crippen molar-refractivity contribution < 1.29 is 0 Å². The van der Waals surface area contributed by atoms with Crippen LogP contribution in [0.25, 0.3) is 0 Å². The van der Waals surface area contributed by atoms with Gasteiger partial charge in [-0.3, -0.25) is 0 Å². The third kappa shape index (κ3) is 2.23. The summed E-state index contributed by atoms with van der Waals surface area (Å²) >= 11 is 0. The summed E-state index contributed by atoms with van der Waals surface area (Å²) < 4.78 is 0. The zero-order valence-electron chi connectivity index (χ0n) is 8.46. The standard InChI is InChI=1S/C13H14N/c1-4-10(3)13-7-11(5-2)6-12(8-13)9-14/h4,6-8,10H,1,3,5H2,2H3. The van der Waals surface area contributed by atoms with Crippen LogP contribution >= 0.6 is 0 Å². The Hall–Kier alpha value is -1.55. The van der Waals surface area contributed by atoms with E-state index < -0.39 is 0 Å². The van der Waals surface area contributed by atoms with Gasteiger partial charge in [-0.25, -0.2) is 0 Å². The highest BCUT2D eigenvalue weighted by Crippen LogP contribution is 2.19. The molecule has 0 aliphatic carbocycles. The fourth-order valence-electron chi connectivity index (χ4n) is 1.34. The molecule has 1 unspecified atom stereocenters. The molecular formula is C13H14N. The Bertz CT molecular complexity index is 371. The van der Waals surface area contributed by atoms with Crippen molar-refractivity contribution in [3.63, 3.8) is 0 Å². The molecular weight excluding hydrogens is 170 g/mol. The number of hydrogen-bond acceptors (Lipinski definition) is 1. The van der Waals surface area contributed by atoms with Gasteiger partial charge in [0.1, 0.15) is 0 Å². The molecule has 1 nitrogen and oxygen atoms in total. The minimum Gasteiger partial charge on any atom is -0.192 e. The van der Waals surface area contributed by atoms with Gasteiger partial charge in [-0.1, -0.05) is 19.1 Å². The summed E-state index contributed by atoms with van der Waals surface area (Å²) in [6.07, 6.45) is 2.72. The van der Waals surface area contributed by atoms with E-state index in [0.29, 0.717) is 5.56 Å². The van der Waals surface area contributed by atoms with E-state index in [4.69, 9.17) is 5.26 Å². The third-order valence-electron chi connectivity index (χ3n) is 2.27. The minimum atomic E-state index is 0.0635. The normalized spacial score (nSPS) is 11.8. The number of rotatable bonds is 3. The maximum Gasteiger partial charge on any atom is 0.0991 e. The van der Waals surface area contributed by atoms with E-state index in [9.17, 15) is 0 Å². The molecule has 1 radical (unpaired) electrons. The van der Waals surface area contributed by atoms with Crippen LogP contribution in [0, 0.1) is 18.3 Å². The van der Waals surface area contributed by atoms with E-state index in [2.05, 4.69) is 32.6 Å². The van der Waals surface area contributed by atoms with Crippen LogP contribution in [0.5, 0.6) is 0 Å². The van der Waals surface area contributed by atoms with Gasteiger partial charge in [0.05, 0.1) is 11.6 Å². The molecule has 0 saturated heterocycles. The number of nitriles is 1. The van der Waals surface area contributed by atoms with Crippen LogP contribution < -0.4 is 0 Å². The van der Waals surface area contributed by atoms with Crippen LogP contribution in [-0.4, -0.2) is 0 Å². The molecule has 0 spiro atoms. The molecule has 1 atom stereocenters. The molecule has 0 heterocycles. The van der Waals surface area contributed by atoms with Gasteiger partial charge in [-0.15, -0.1) is 6.58 Å². The monoisotopic (exact) mass is 184 g/mol. The fraction of sp³-hybridized carbons (Fsp3) is 0.231. The first-order chi connectivity index (χ1) is 6.71. The smallest absolute Gasteiger partial charge is 0.0991 e. The van der Waals surface area contributed by atoms with Crippen LogP contribution in [0.4, 0.5) is 0 Å². The molecule has 1 heteroatoms. The second-order valence-electron chi connectivity index (χ2n) is 3.27. The highest BCUT2D eigenvalue weighted by molar-refractivity contribution is 5.40. The first kappa shape index (κ1) is 10.5. The summed E-state index contributed by atoms with van der Waals surface area (Å²) in [5, 5.41) is 8.84. The molecule has 0 amide bonds. The first-order valence-corrected chi connectivity index (χ1v) is 4.70. The maximum absolute atomic E-state index is 8.84. The van der Waals surface area contributed by atoms with Crippen molar-refractivity contribution in [1.29, 1.82) is 5.26 Å². The molecule has 14 heavy (non-hydrogen) atoms. The number of hydrogen-bond donors (Lipinski definition) is 0. The maximum atomic E-state index is 8.84. The van der Waals surface area contributed by atoms with E-state index >= 15 is 0 Å². The zero-order valence-corrected chi connectivity index (χ0v) is 8.46. The average molecular weight is 184 g/mol. The SMILES string of the molecule is [CH2]C(C=C)c1cc(C#N)cc(CC)c1. The molecule has 1 aromatic rings. The Balaban J connectivity index is 3.18. The quantitative estimate of drug-likeness (QED) is 0.662. The lowest BCUT2D eigenvalue weighted by molar-refractivity contribution is 1.05. The van der Waals surface area contributed by atoms with Gasteiger partial charge >= 0.3 is 0 Å². The van der Waals surface area contributed by atoms with Crippen molar-refractivity contribution in [2.45, 2.75) is 19.3 Å². The lowest BCUT2D eigenvalue weighted by atomic mass is 9.96. The van der Waals surface area contributed by atoms with E-state index in [-0.39, 0.29) is 5.92 Å². The Labute approximate surface area is 85.7 Å². The van der Waals surface area contributed by atoms with Gasteiger partial charge in [0.15, 0.2) is 0 Å². The Morgan fingerprint density at radius 2 is 2.21 bits per heavy atom. The zero-order chi connectivity index (χ0) is 10.6. The summed E-state index contributed by atoms with van der Waals surface area (Å²) in [7, 11) is 0. The van der Waals surface area contributed by atoms with E-state index in [0.717, 1.165) is 12.0 Å². The molecule has 1 aromatic carbocycles. The van der Waals surface area contributed by atoms with E-state index in [1.807, 2.05) is 12.1 Å². The van der Waals surface area contributed by atoms with Crippen molar-refractivity contribution in [1.82, 2.24) is 0 Å². The van der Waals surface area contributed by atoms with Gasteiger partial charge < -0.3 is 0 Å². The number of nitrogens with zero attached hydrogens (tertiary/aromatic N) is 1. The van der Waals surface area contributed by atoms with Crippen molar-refractivity contribution >= 4 is 0 Å². The van der Waals surface area contributed by atoms with Crippen molar-refractivity contribution in [3.05, 3.63) is 54.5 Å². The van der Waals surface area contributed by atoms with Crippen LogP contribution in [-0.2, 0) is 6.42 Å². The highest BCUT2D eigenvalue weighted by Gasteiger charge is 2.04. The van der Waals surface area contributed by atoms with E-state index in [1.165, 1.54) is 5.56 Å². The van der Waals surface area contributed by atoms with Gasteiger partial charge in [0.25, 0.3) is 0 Å². The predicted octanol–water partition coefficient (Wildman–Crippen LogP) is 3.22. The van der Waals surface area contributed by atoms with Crippen molar-refractivity contribution in [2.75, 3.05) is 0 Å². The number of allylic oxidation sites excluding steroid dienone is 1. The summed E-state index contributed by atoms with van der Waals surface area (Å²) in [5.41, 5.74) is 2.94. The average Bonchev–Trinajstić information content (AvgIpc) is 2.27. The summed E-state index contributed by atoms with van der Waals surface area (Å²) in [6.45, 7) is 9.73. The molecule has 1 rings (SSSR count). The first-order valence-electron chi connectivity index (χ1n) is 4.70. The fourth-order valence-corrected chi connectivity index (χ4v) is 1.34. The van der Waals surface area contributed by atoms with Crippen LogP contribution in [0.1, 0.15) is 29.5 Å². The molecule has 0 aromatic heterocycles. The van der Waals surface area contributed by atoms with Crippen molar-refractivity contribution in [3.8, 4) is 6.07 Å². The second-order valence-corrected chi connectivity index (χ2v) is 3.27. The Kier molecular flexibility index (Phi) is 3.48. The minimum absolute atomic E-state index is 0.0635. The lowest BCUT2D eigenvalue weighted by Gasteiger charge is -2.08. The Morgan fingerprint density at radius 3 is 2.71 bits per heavy atom. The second kappa shape index (κ2) is 4.62. The third-order valence-corrected chi connectivity index (χ3v) is 2.27. The molecule has 0 bridgehead atoms. The molecule has 0 aliphatic heterocycles. The van der Waals surface area contributed by atoms with Crippen molar-refractivity contribution in [2.24, 2.45) is 0 Å². The van der Waals surface area contributed by atoms with Crippen LogP contribution in [0.3, 0.4) is 0 Å². The van der Waals surface area contributed by atoms with E-state index in [1.54, 1.807) is 6.08 Å². The van der Waals surface area contributed by atoms with Crippen LogP contribution in [0.15, 0.2) is 30.9 Å². The molecule has 71 valence electrons. The summed E-state index contributed by atoms with van der Waals surface area (Å²) in [4.78, 5) is 0. The predicted molar refractivity (Wildman–Crippen MR) is 58.8 cm³/mol. The van der Waals surface area contributed by atoms with Gasteiger partial charge in [-0.2, -0.15) is 5.26 Å². The molecule has 0 fully saturated rings. The lowest BCUT2D eigenvalue weighted by Crippen LogP contribution is -1.93. The molecule has 0 saturated carbocycles. The summed E-state index contributed by atoms with van der Waals surface area (Å²) in [5.74, 6) is 0.0635. The molecule has 0 aliphatic rings.